The summed E-state index contributed by atoms with van der Waals surface area (Å²) in [6.45, 7) is -1.10. The maximum atomic E-state index is 10.4. The molecular weight excluding hydrogens is 294 g/mol. The molecule has 0 aromatic heterocycles. The van der Waals surface area contributed by atoms with Gasteiger partial charge in [-0.1, -0.05) is 0 Å². The molecule has 0 heterocycles. The van der Waals surface area contributed by atoms with Crippen LogP contribution in [-0.2, 0) is 9.68 Å². The van der Waals surface area contributed by atoms with Crippen molar-refractivity contribution in [2.45, 2.75) is 6.10 Å². The molecule has 12 nitrogen and oxygen atoms in total. The largest absolute Gasteiger partial charge is 0.491 e. The van der Waals surface area contributed by atoms with Crippen LogP contribution in [0.2, 0.25) is 0 Å². The van der Waals surface area contributed by atoms with Crippen LogP contribution in [-0.4, -0.2) is 34.4 Å². The van der Waals surface area contributed by atoms with Crippen molar-refractivity contribution in [2.24, 2.45) is 0 Å². The Morgan fingerprint density at radius 3 is 2.05 bits per heavy atom. The molecule has 21 heavy (non-hydrogen) atoms. The van der Waals surface area contributed by atoms with Gasteiger partial charge in [0.15, 0.2) is 6.10 Å². The van der Waals surface area contributed by atoms with Crippen LogP contribution in [0, 0.1) is 30.3 Å². The minimum absolute atomic E-state index is 0.155. The van der Waals surface area contributed by atoms with Crippen LogP contribution in [0.15, 0.2) is 24.3 Å². The minimum Gasteiger partial charge on any atom is -0.491 e. The highest BCUT2D eigenvalue weighted by molar-refractivity contribution is 5.35. The molecule has 0 aliphatic heterocycles. The smallest absolute Gasteiger partial charge is 0.294 e. The van der Waals surface area contributed by atoms with E-state index in [2.05, 4.69) is 9.68 Å². The van der Waals surface area contributed by atoms with Crippen LogP contribution in [0.1, 0.15) is 0 Å². The van der Waals surface area contributed by atoms with E-state index in [4.69, 9.17) is 4.74 Å². The summed E-state index contributed by atoms with van der Waals surface area (Å²) in [6, 6.07) is 4.89. The molecule has 12 heteroatoms. The first-order valence-corrected chi connectivity index (χ1v) is 5.34. The standard InChI is InChI=1S/C9H9N3O9/c13-10(14)7-1-3-8(4-2-7)19-5-9(21-12(17)18)6-20-11(15)16/h1-4,9H,5-6H2. The lowest BCUT2D eigenvalue weighted by Crippen LogP contribution is -2.30. The van der Waals surface area contributed by atoms with Crippen LogP contribution in [0.4, 0.5) is 5.69 Å². The molecule has 0 aliphatic carbocycles. The number of non-ortho nitro benzene ring substituents is 1. The van der Waals surface area contributed by atoms with Crippen LogP contribution in [0.3, 0.4) is 0 Å². The fourth-order valence-electron chi connectivity index (χ4n) is 1.23. The van der Waals surface area contributed by atoms with Crippen molar-refractivity contribution in [3.63, 3.8) is 0 Å². The number of nitrogens with zero attached hydrogens (tertiary/aromatic N) is 3. The van der Waals surface area contributed by atoms with Crippen LogP contribution in [0.5, 0.6) is 5.75 Å². The highest BCUT2D eigenvalue weighted by Crippen LogP contribution is 2.17. The topological polar surface area (TPSA) is 157 Å². The van der Waals surface area contributed by atoms with Gasteiger partial charge in [-0.3, -0.25) is 10.1 Å². The van der Waals surface area contributed by atoms with Gasteiger partial charge in [0.2, 0.25) is 0 Å². The van der Waals surface area contributed by atoms with E-state index in [1.807, 2.05) is 0 Å². The summed E-state index contributed by atoms with van der Waals surface area (Å²) in [4.78, 5) is 38.2. The molecular formula is C9H9N3O9. The summed E-state index contributed by atoms with van der Waals surface area (Å²) < 4.78 is 5.08. The van der Waals surface area contributed by atoms with Gasteiger partial charge in [0, 0.05) is 12.1 Å². The normalized spacial score (nSPS) is 11.2. The zero-order chi connectivity index (χ0) is 15.8. The number of nitro groups is 1. The third kappa shape index (κ3) is 6.00. The van der Waals surface area contributed by atoms with Gasteiger partial charge in [0.1, 0.15) is 19.0 Å². The second-order valence-electron chi connectivity index (χ2n) is 3.53. The second kappa shape index (κ2) is 7.42. The van der Waals surface area contributed by atoms with Gasteiger partial charge in [-0.25, -0.2) is 0 Å². The van der Waals surface area contributed by atoms with Crippen molar-refractivity contribution in [2.75, 3.05) is 13.2 Å². The number of rotatable bonds is 9. The molecule has 1 unspecified atom stereocenters. The molecule has 0 saturated heterocycles. The Balaban J connectivity index is 2.56. The lowest BCUT2D eigenvalue weighted by Gasteiger charge is -2.14. The molecule has 0 N–H and O–H groups in total. The Labute approximate surface area is 116 Å². The van der Waals surface area contributed by atoms with Gasteiger partial charge in [0.05, 0.1) is 4.92 Å². The van der Waals surface area contributed by atoms with E-state index >= 15 is 0 Å². The van der Waals surface area contributed by atoms with E-state index < -0.39 is 34.4 Å². The summed E-state index contributed by atoms with van der Waals surface area (Å²) in [5.74, 6) is 0.179. The van der Waals surface area contributed by atoms with E-state index in [9.17, 15) is 30.3 Å². The number of hydrogen-bond donors (Lipinski definition) is 0. The summed E-state index contributed by atoms with van der Waals surface area (Å²) in [5, 5.41) is 28.4. The van der Waals surface area contributed by atoms with E-state index in [1.165, 1.54) is 24.3 Å². The predicted molar refractivity (Wildman–Crippen MR) is 63.4 cm³/mol. The van der Waals surface area contributed by atoms with Crippen molar-refractivity contribution in [1.29, 1.82) is 0 Å². The SMILES string of the molecule is O=[N+]([O-])OCC(COc1ccc([N+](=O)[O-])cc1)O[N+](=O)[O-]. The Kier molecular flexibility index (Phi) is 5.61. The predicted octanol–water partition coefficient (Wildman–Crippen LogP) is 0.759. The van der Waals surface area contributed by atoms with E-state index in [1.54, 1.807) is 0 Å². The lowest BCUT2D eigenvalue weighted by molar-refractivity contribution is -0.790. The second-order valence-corrected chi connectivity index (χ2v) is 3.53. The van der Waals surface area contributed by atoms with Crippen LogP contribution < -0.4 is 4.74 Å². The fraction of sp³-hybridized carbons (Fsp3) is 0.333. The summed E-state index contributed by atoms with van der Waals surface area (Å²) in [6.07, 6.45) is -1.32. The van der Waals surface area contributed by atoms with Crippen molar-refractivity contribution < 1.29 is 29.5 Å². The number of benzene rings is 1. The summed E-state index contributed by atoms with van der Waals surface area (Å²) in [5.41, 5.74) is -0.155. The van der Waals surface area contributed by atoms with Gasteiger partial charge in [0.25, 0.3) is 15.9 Å². The molecule has 0 spiro atoms. The molecule has 1 atom stereocenters. The van der Waals surface area contributed by atoms with Crippen molar-refractivity contribution >= 4 is 5.69 Å². The molecule has 0 fully saturated rings. The number of hydrogen-bond acceptors (Lipinski definition) is 9. The summed E-state index contributed by atoms with van der Waals surface area (Å²) in [7, 11) is 0. The van der Waals surface area contributed by atoms with Gasteiger partial charge in [-0.05, 0) is 12.1 Å². The molecule has 114 valence electrons. The van der Waals surface area contributed by atoms with Gasteiger partial charge in [-0.2, -0.15) is 0 Å². The molecule has 1 aromatic carbocycles. The van der Waals surface area contributed by atoms with Gasteiger partial charge >= 0.3 is 0 Å². The maximum Gasteiger partial charge on any atom is 0.294 e. The fourth-order valence-corrected chi connectivity index (χ4v) is 1.23. The summed E-state index contributed by atoms with van der Waals surface area (Å²) >= 11 is 0. The third-order valence-corrected chi connectivity index (χ3v) is 2.08. The molecule has 0 bridgehead atoms. The Morgan fingerprint density at radius 2 is 1.57 bits per heavy atom. The molecule has 1 aromatic rings. The molecule has 1 rings (SSSR count). The van der Waals surface area contributed by atoms with Gasteiger partial charge < -0.3 is 14.4 Å². The van der Waals surface area contributed by atoms with Crippen LogP contribution in [0.25, 0.3) is 0 Å². The first-order valence-electron chi connectivity index (χ1n) is 5.34. The first-order chi connectivity index (χ1) is 9.88. The van der Waals surface area contributed by atoms with E-state index in [-0.39, 0.29) is 11.4 Å². The Hall–Kier alpha value is -3.18. The lowest BCUT2D eigenvalue weighted by atomic mass is 10.3. The van der Waals surface area contributed by atoms with E-state index in [0.29, 0.717) is 0 Å². The molecule has 0 aliphatic rings. The third-order valence-electron chi connectivity index (χ3n) is 2.08. The monoisotopic (exact) mass is 303 g/mol. The van der Waals surface area contributed by atoms with E-state index in [0.717, 1.165) is 0 Å². The molecule has 0 amide bonds. The minimum atomic E-state index is -1.32. The zero-order valence-corrected chi connectivity index (χ0v) is 10.3. The van der Waals surface area contributed by atoms with Crippen molar-refractivity contribution in [3.8, 4) is 5.75 Å². The van der Waals surface area contributed by atoms with Crippen molar-refractivity contribution in [3.05, 3.63) is 54.6 Å². The molecule has 0 radical (unpaired) electrons. The number of ether oxygens (including phenoxy) is 1. The average Bonchev–Trinajstić information content (AvgIpc) is 2.41. The van der Waals surface area contributed by atoms with Gasteiger partial charge in [-0.15, -0.1) is 20.2 Å². The number of nitro benzene ring substituents is 1. The van der Waals surface area contributed by atoms with Crippen LogP contribution >= 0.6 is 0 Å². The first kappa shape index (κ1) is 15.9. The zero-order valence-electron chi connectivity index (χ0n) is 10.3. The Morgan fingerprint density at radius 1 is 0.952 bits per heavy atom. The highest BCUT2D eigenvalue weighted by Gasteiger charge is 2.17. The van der Waals surface area contributed by atoms with Crippen molar-refractivity contribution in [1.82, 2.24) is 0 Å². The Bertz CT molecular complexity index is 518. The highest BCUT2D eigenvalue weighted by atomic mass is 17.0. The maximum absolute atomic E-state index is 10.4. The molecule has 0 saturated carbocycles. The quantitative estimate of drug-likeness (QED) is 0.474. The average molecular weight is 303 g/mol.